The van der Waals surface area contributed by atoms with Crippen LogP contribution >= 0.6 is 0 Å². The van der Waals surface area contributed by atoms with Crippen molar-refractivity contribution in [1.29, 1.82) is 0 Å². The summed E-state index contributed by atoms with van der Waals surface area (Å²) < 4.78 is 63.8. The lowest BCUT2D eigenvalue weighted by molar-refractivity contribution is -0.141. The molecule has 3 aromatic rings. The highest BCUT2D eigenvalue weighted by Gasteiger charge is 2.37. The fourth-order valence-electron chi connectivity index (χ4n) is 5.32. The number of hydrogen-bond donors (Lipinski definition) is 0. The Balaban J connectivity index is 1.39. The first kappa shape index (κ1) is 26.6. The molecule has 2 unspecified atom stereocenters. The number of halogens is 3. The Kier molecular flexibility index (Phi) is 7.25. The summed E-state index contributed by atoms with van der Waals surface area (Å²) in [7, 11) is 1.35. The molecular weight excluding hydrogens is 513 g/mol. The lowest BCUT2D eigenvalue weighted by atomic mass is 9.92. The van der Waals surface area contributed by atoms with E-state index in [-0.39, 0.29) is 30.3 Å². The summed E-state index contributed by atoms with van der Waals surface area (Å²) >= 11 is 0. The smallest absolute Gasteiger partial charge is 0.416 e. The quantitative estimate of drug-likeness (QED) is 0.258. The number of methoxy groups -OCH3 is 1. The maximum absolute atomic E-state index is 14.0. The van der Waals surface area contributed by atoms with Crippen LogP contribution in [0.2, 0.25) is 0 Å². The molecular formula is C30H27F3O6. The van der Waals surface area contributed by atoms with Gasteiger partial charge >= 0.3 is 18.1 Å². The number of carbonyl (C=O) groups is 2. The summed E-state index contributed by atoms with van der Waals surface area (Å²) in [5.74, 6) is 0.639. The first-order valence-corrected chi connectivity index (χ1v) is 12.6. The first-order valence-electron chi connectivity index (χ1n) is 12.6. The Morgan fingerprint density at radius 3 is 2.41 bits per heavy atom. The van der Waals surface area contributed by atoms with Gasteiger partial charge in [-0.25, -0.2) is 0 Å². The number of hydrogen-bond acceptors (Lipinski definition) is 6. The molecule has 0 fully saturated rings. The van der Waals surface area contributed by atoms with Crippen molar-refractivity contribution in [2.24, 2.45) is 0 Å². The van der Waals surface area contributed by atoms with Gasteiger partial charge < -0.3 is 18.9 Å². The number of esters is 2. The Bertz CT molecular complexity index is 1400. The van der Waals surface area contributed by atoms with Gasteiger partial charge in [-0.3, -0.25) is 9.59 Å². The van der Waals surface area contributed by atoms with Crippen LogP contribution in [0.1, 0.15) is 65.2 Å². The van der Waals surface area contributed by atoms with Crippen molar-refractivity contribution in [3.05, 3.63) is 88.0 Å². The summed E-state index contributed by atoms with van der Waals surface area (Å²) in [6.07, 6.45) is -3.61. The van der Waals surface area contributed by atoms with E-state index in [0.29, 0.717) is 47.8 Å². The predicted molar refractivity (Wildman–Crippen MR) is 135 cm³/mol. The van der Waals surface area contributed by atoms with Crippen LogP contribution in [-0.4, -0.2) is 25.7 Å². The molecule has 1 aliphatic carbocycles. The van der Waals surface area contributed by atoms with Crippen LogP contribution in [0.25, 0.3) is 0 Å². The second-order valence-electron chi connectivity index (χ2n) is 9.70. The van der Waals surface area contributed by atoms with E-state index in [1.54, 1.807) is 36.4 Å². The summed E-state index contributed by atoms with van der Waals surface area (Å²) in [6.45, 7) is 1.65. The van der Waals surface area contributed by atoms with E-state index >= 15 is 0 Å². The van der Waals surface area contributed by atoms with E-state index in [1.807, 2.05) is 6.07 Å². The Morgan fingerprint density at radius 2 is 1.72 bits per heavy atom. The van der Waals surface area contributed by atoms with E-state index in [1.165, 1.54) is 20.1 Å². The third-order valence-electron chi connectivity index (χ3n) is 7.13. The molecule has 6 nitrogen and oxygen atoms in total. The first-order chi connectivity index (χ1) is 18.6. The zero-order valence-corrected chi connectivity index (χ0v) is 21.5. The molecule has 0 amide bonds. The minimum atomic E-state index is -4.50. The molecule has 2 aliphatic rings. The Hall–Kier alpha value is -4.01. The zero-order chi connectivity index (χ0) is 27.7. The number of fused-ring (bicyclic) bond motifs is 2. The molecule has 2 atom stereocenters. The molecule has 0 aromatic heterocycles. The standard InChI is InChI=1S/C30H27F3O6/c1-17(34)38-20-5-3-18(4-6-20)13-25-23-10-12-27(24(23)9-11-26(25)30(31,32)33)39-21-7-8-22-19(14-29(35)36-2)16-37-28(22)15-21/h3-9,11,15,19,27H,10,12-14,16H2,1-2H3. The van der Waals surface area contributed by atoms with Gasteiger partial charge in [0.1, 0.15) is 23.4 Å². The van der Waals surface area contributed by atoms with Crippen molar-refractivity contribution >= 4 is 11.9 Å². The minimum Gasteiger partial charge on any atom is -0.492 e. The number of ether oxygens (including phenoxy) is 4. The normalized spacial score (nSPS) is 17.7. The number of carbonyl (C=O) groups excluding carboxylic acids is 2. The molecule has 1 aliphatic heterocycles. The molecule has 1 heterocycles. The summed E-state index contributed by atoms with van der Waals surface area (Å²) in [5, 5.41) is 0. The molecule has 0 spiro atoms. The van der Waals surface area contributed by atoms with E-state index < -0.39 is 23.8 Å². The third-order valence-corrected chi connectivity index (χ3v) is 7.13. The average molecular weight is 541 g/mol. The maximum Gasteiger partial charge on any atom is 0.416 e. The van der Waals surface area contributed by atoms with Crippen LogP contribution in [0.15, 0.2) is 54.6 Å². The van der Waals surface area contributed by atoms with Crippen LogP contribution in [0, 0.1) is 0 Å². The predicted octanol–water partition coefficient (Wildman–Crippen LogP) is 6.33. The lowest BCUT2D eigenvalue weighted by Crippen LogP contribution is -2.13. The van der Waals surface area contributed by atoms with Gasteiger partial charge in [-0.2, -0.15) is 13.2 Å². The highest BCUT2D eigenvalue weighted by Crippen LogP contribution is 2.44. The number of benzene rings is 3. The number of rotatable bonds is 7. The van der Waals surface area contributed by atoms with E-state index in [9.17, 15) is 22.8 Å². The minimum absolute atomic E-state index is 0.0827. The molecule has 0 saturated heterocycles. The fraction of sp³-hybridized carbons (Fsp3) is 0.333. The second-order valence-corrected chi connectivity index (χ2v) is 9.70. The maximum atomic E-state index is 14.0. The SMILES string of the molecule is COC(=O)CC1COc2cc(OC3CCc4c3ccc(C(F)(F)F)c4Cc3ccc(OC(C)=O)cc3)ccc21. The average Bonchev–Trinajstić information content (AvgIpc) is 3.48. The molecule has 9 heteroatoms. The zero-order valence-electron chi connectivity index (χ0n) is 21.5. The van der Waals surface area contributed by atoms with Crippen molar-refractivity contribution in [3.63, 3.8) is 0 Å². The van der Waals surface area contributed by atoms with Gasteiger partial charge in [0.05, 0.1) is 25.7 Å². The van der Waals surface area contributed by atoms with Crippen molar-refractivity contribution in [3.8, 4) is 17.2 Å². The van der Waals surface area contributed by atoms with Crippen LogP contribution in [0.3, 0.4) is 0 Å². The van der Waals surface area contributed by atoms with E-state index in [2.05, 4.69) is 0 Å². The molecule has 0 bridgehead atoms. The summed E-state index contributed by atoms with van der Waals surface area (Å²) in [6, 6.07) is 14.5. The summed E-state index contributed by atoms with van der Waals surface area (Å²) in [4.78, 5) is 22.9. The summed E-state index contributed by atoms with van der Waals surface area (Å²) in [5.41, 5.74) is 2.53. The van der Waals surface area contributed by atoms with Gasteiger partial charge in [0.25, 0.3) is 0 Å². The van der Waals surface area contributed by atoms with Crippen molar-refractivity contribution < 1.29 is 41.7 Å². The molecule has 39 heavy (non-hydrogen) atoms. The van der Waals surface area contributed by atoms with Gasteiger partial charge in [0.15, 0.2) is 0 Å². The van der Waals surface area contributed by atoms with E-state index in [0.717, 1.165) is 17.2 Å². The molecule has 0 N–H and O–H groups in total. The topological polar surface area (TPSA) is 71.1 Å². The molecule has 3 aromatic carbocycles. The van der Waals surface area contributed by atoms with Gasteiger partial charge in [0.2, 0.25) is 0 Å². The molecule has 204 valence electrons. The fourth-order valence-corrected chi connectivity index (χ4v) is 5.32. The second kappa shape index (κ2) is 10.6. The molecule has 0 saturated carbocycles. The van der Waals surface area contributed by atoms with Crippen molar-refractivity contribution in [2.45, 2.75) is 50.8 Å². The lowest BCUT2D eigenvalue weighted by Gasteiger charge is -2.20. The highest BCUT2D eigenvalue weighted by molar-refractivity contribution is 5.71. The number of alkyl halides is 3. The van der Waals surface area contributed by atoms with E-state index in [4.69, 9.17) is 18.9 Å². The van der Waals surface area contributed by atoms with Crippen molar-refractivity contribution in [1.82, 2.24) is 0 Å². The van der Waals surface area contributed by atoms with Crippen LogP contribution < -0.4 is 14.2 Å². The molecule has 5 rings (SSSR count). The van der Waals surface area contributed by atoms with Gasteiger partial charge in [-0.1, -0.05) is 24.3 Å². The van der Waals surface area contributed by atoms with Crippen LogP contribution in [0.5, 0.6) is 17.2 Å². The molecule has 0 radical (unpaired) electrons. The van der Waals surface area contributed by atoms with Crippen molar-refractivity contribution in [2.75, 3.05) is 13.7 Å². The van der Waals surface area contributed by atoms with Gasteiger partial charge in [-0.05, 0) is 65.8 Å². The Morgan fingerprint density at radius 1 is 1.00 bits per heavy atom. The third kappa shape index (κ3) is 5.72. The van der Waals surface area contributed by atoms with Gasteiger partial charge in [0, 0.05) is 24.5 Å². The monoisotopic (exact) mass is 540 g/mol. The van der Waals surface area contributed by atoms with Crippen LogP contribution in [0.4, 0.5) is 13.2 Å². The van der Waals surface area contributed by atoms with Gasteiger partial charge in [-0.15, -0.1) is 0 Å². The Labute approximate surface area is 223 Å². The largest absolute Gasteiger partial charge is 0.492 e. The van der Waals surface area contributed by atoms with Crippen LogP contribution in [-0.2, 0) is 33.3 Å². The highest BCUT2D eigenvalue weighted by atomic mass is 19.4.